The molecule has 2 unspecified atom stereocenters. The molecule has 9 nitrogen and oxygen atoms in total. The molecule has 0 saturated carbocycles. The van der Waals surface area contributed by atoms with Crippen LogP contribution < -0.4 is 21.1 Å². The van der Waals surface area contributed by atoms with Crippen molar-refractivity contribution in [2.45, 2.75) is 38.3 Å². The van der Waals surface area contributed by atoms with Crippen molar-refractivity contribution in [2.24, 2.45) is 5.73 Å². The normalized spacial score (nSPS) is 20.6. The zero-order valence-corrected chi connectivity index (χ0v) is 17.4. The first-order valence-corrected chi connectivity index (χ1v) is 11.7. The second kappa shape index (κ2) is 7.82. The largest absolute Gasteiger partial charge is 0.397 e. The van der Waals surface area contributed by atoms with Gasteiger partial charge in [0.1, 0.15) is 15.5 Å². The van der Waals surface area contributed by atoms with E-state index in [0.29, 0.717) is 34.2 Å². The van der Waals surface area contributed by atoms with Crippen LogP contribution in [0.1, 0.15) is 35.0 Å². The number of aliphatic hydroxyl groups is 1. The Kier molecular flexibility index (Phi) is 5.80. The maximum atomic E-state index is 11.7. The molecule has 2 aromatic heterocycles. The maximum absolute atomic E-state index is 11.7. The molecule has 11 heteroatoms. The van der Waals surface area contributed by atoms with Crippen LogP contribution in [-0.4, -0.2) is 55.9 Å². The fourth-order valence-electron chi connectivity index (χ4n) is 3.55. The summed E-state index contributed by atoms with van der Waals surface area (Å²) in [7, 11) is -3.39. The molecule has 3 heterocycles. The topological polar surface area (TPSA) is 152 Å². The van der Waals surface area contributed by atoms with Crippen molar-refractivity contribution >= 4 is 49.0 Å². The molecule has 28 heavy (non-hydrogen) atoms. The van der Waals surface area contributed by atoms with Crippen LogP contribution in [0.4, 0.5) is 11.5 Å². The van der Waals surface area contributed by atoms with Crippen LogP contribution in [0.25, 0.3) is 10.2 Å². The summed E-state index contributed by atoms with van der Waals surface area (Å²) < 4.78 is 25.4. The van der Waals surface area contributed by atoms with Gasteiger partial charge in [-0.3, -0.25) is 4.79 Å². The van der Waals surface area contributed by atoms with E-state index in [1.54, 1.807) is 0 Å². The third-order valence-electron chi connectivity index (χ3n) is 4.78. The average Bonchev–Trinajstić information content (AvgIpc) is 2.93. The Morgan fingerprint density at radius 2 is 2.21 bits per heavy atom. The first-order chi connectivity index (χ1) is 13.1. The summed E-state index contributed by atoms with van der Waals surface area (Å²) in [4.78, 5) is 19.2. The molecule has 1 aliphatic heterocycles. The SMILES string of the molecule is CCCc1cc(N2CCC(NS(C)(=O)=O)C(O)C2)nc2sc(C(N)=O)c(N)c12. The molecule has 0 aliphatic carbocycles. The molecular weight excluding hydrogens is 402 g/mol. The number of carbonyl (C=O) groups excluding carboxylic acids is 1. The second-order valence-corrected chi connectivity index (χ2v) is 9.86. The van der Waals surface area contributed by atoms with Crippen molar-refractivity contribution in [2.75, 3.05) is 30.0 Å². The lowest BCUT2D eigenvalue weighted by Gasteiger charge is -2.36. The van der Waals surface area contributed by atoms with Gasteiger partial charge >= 0.3 is 0 Å². The Labute approximate surface area is 167 Å². The predicted octanol–water partition coefficient (Wildman–Crippen LogP) is 0.419. The van der Waals surface area contributed by atoms with Crippen LogP contribution >= 0.6 is 11.3 Å². The van der Waals surface area contributed by atoms with Gasteiger partial charge in [0.05, 0.1) is 24.1 Å². The van der Waals surface area contributed by atoms with Crippen LogP contribution in [0.15, 0.2) is 6.07 Å². The van der Waals surface area contributed by atoms with Gasteiger partial charge < -0.3 is 21.5 Å². The van der Waals surface area contributed by atoms with Gasteiger partial charge in [-0.15, -0.1) is 11.3 Å². The molecule has 0 radical (unpaired) electrons. The molecule has 1 amide bonds. The van der Waals surface area contributed by atoms with Crippen LogP contribution in [0.5, 0.6) is 0 Å². The van der Waals surface area contributed by atoms with Gasteiger partial charge in [0.25, 0.3) is 5.91 Å². The van der Waals surface area contributed by atoms with Crippen LogP contribution in [-0.2, 0) is 16.4 Å². The minimum atomic E-state index is -3.39. The van der Waals surface area contributed by atoms with Crippen molar-refractivity contribution in [1.82, 2.24) is 9.71 Å². The number of sulfonamides is 1. The number of aryl methyl sites for hydroxylation is 1. The lowest BCUT2D eigenvalue weighted by molar-refractivity contribution is 0.100. The van der Waals surface area contributed by atoms with Gasteiger partial charge in [0.15, 0.2) is 0 Å². The number of hydrogen-bond acceptors (Lipinski definition) is 8. The quantitative estimate of drug-likeness (QED) is 0.521. The van der Waals surface area contributed by atoms with E-state index in [-0.39, 0.29) is 6.54 Å². The number of amides is 1. The lowest BCUT2D eigenvalue weighted by atomic mass is 10.0. The Balaban J connectivity index is 1.94. The molecular formula is C17H25N5O4S2. The number of hydrogen-bond donors (Lipinski definition) is 4. The third kappa shape index (κ3) is 4.22. The van der Waals surface area contributed by atoms with Crippen LogP contribution in [0.3, 0.4) is 0 Å². The van der Waals surface area contributed by atoms with E-state index in [4.69, 9.17) is 11.5 Å². The lowest BCUT2D eigenvalue weighted by Crippen LogP contribution is -2.54. The predicted molar refractivity (Wildman–Crippen MR) is 111 cm³/mol. The molecule has 3 rings (SSSR count). The number of nitrogens with zero attached hydrogens (tertiary/aromatic N) is 2. The minimum Gasteiger partial charge on any atom is -0.397 e. The van der Waals surface area contributed by atoms with Gasteiger partial charge in [0.2, 0.25) is 10.0 Å². The van der Waals surface area contributed by atoms with E-state index in [1.165, 1.54) is 11.3 Å². The smallest absolute Gasteiger partial charge is 0.260 e. The number of thiophene rings is 1. The van der Waals surface area contributed by atoms with Crippen molar-refractivity contribution in [1.29, 1.82) is 0 Å². The first kappa shape index (κ1) is 20.8. The number of piperidine rings is 1. The standard InChI is InChI=1S/C17H25N5O4S2/c1-3-4-9-7-12(20-17-13(9)14(18)15(27-17)16(19)24)22-6-5-10(11(23)8-22)21-28(2,25)26/h7,10-11,21,23H,3-6,8,18H2,1-2H3,(H2,19,24). The van der Waals surface area contributed by atoms with Crippen molar-refractivity contribution in [3.05, 3.63) is 16.5 Å². The summed E-state index contributed by atoms with van der Waals surface area (Å²) in [5, 5.41) is 11.2. The summed E-state index contributed by atoms with van der Waals surface area (Å²) >= 11 is 1.17. The van der Waals surface area contributed by atoms with Gasteiger partial charge in [-0.05, 0) is 24.5 Å². The van der Waals surface area contributed by atoms with Gasteiger partial charge in [-0.1, -0.05) is 13.3 Å². The zero-order valence-electron chi connectivity index (χ0n) is 15.8. The number of fused-ring (bicyclic) bond motifs is 1. The minimum absolute atomic E-state index is 0.251. The summed E-state index contributed by atoms with van der Waals surface area (Å²) in [6, 6.07) is 1.40. The number of aromatic nitrogens is 1. The number of nitrogen functional groups attached to an aromatic ring is 1. The Bertz CT molecular complexity index is 1000. The van der Waals surface area contributed by atoms with Gasteiger partial charge in [-0.25, -0.2) is 18.1 Å². The molecule has 0 aromatic carbocycles. The van der Waals surface area contributed by atoms with E-state index in [2.05, 4.69) is 16.6 Å². The highest BCUT2D eigenvalue weighted by molar-refractivity contribution is 7.88. The van der Waals surface area contributed by atoms with E-state index in [9.17, 15) is 18.3 Å². The third-order valence-corrected chi connectivity index (χ3v) is 6.63. The summed E-state index contributed by atoms with van der Waals surface area (Å²) in [5.74, 6) is 0.0951. The first-order valence-electron chi connectivity index (χ1n) is 9.02. The highest BCUT2D eigenvalue weighted by Crippen LogP contribution is 2.37. The number of carbonyl (C=O) groups is 1. The summed E-state index contributed by atoms with van der Waals surface area (Å²) in [6.45, 7) is 2.84. The highest BCUT2D eigenvalue weighted by atomic mass is 32.2. The molecule has 6 N–H and O–H groups in total. The number of aliphatic hydroxyl groups excluding tert-OH is 1. The Morgan fingerprint density at radius 3 is 2.79 bits per heavy atom. The van der Waals surface area contributed by atoms with Crippen LogP contribution in [0.2, 0.25) is 0 Å². The second-order valence-electron chi connectivity index (χ2n) is 7.08. The molecule has 1 fully saturated rings. The van der Waals surface area contributed by atoms with E-state index < -0.39 is 28.1 Å². The summed E-state index contributed by atoms with van der Waals surface area (Å²) in [5.41, 5.74) is 12.9. The van der Waals surface area contributed by atoms with E-state index in [1.807, 2.05) is 11.0 Å². The van der Waals surface area contributed by atoms with E-state index >= 15 is 0 Å². The zero-order chi connectivity index (χ0) is 20.6. The number of rotatable bonds is 6. The summed E-state index contributed by atoms with van der Waals surface area (Å²) in [6.07, 6.45) is 2.33. The monoisotopic (exact) mass is 427 g/mol. The van der Waals surface area contributed by atoms with E-state index in [0.717, 1.165) is 30.0 Å². The highest BCUT2D eigenvalue weighted by Gasteiger charge is 2.31. The molecule has 2 atom stereocenters. The Morgan fingerprint density at radius 1 is 1.50 bits per heavy atom. The van der Waals surface area contributed by atoms with Gasteiger partial charge in [-0.2, -0.15) is 0 Å². The number of pyridine rings is 1. The van der Waals surface area contributed by atoms with Crippen molar-refractivity contribution in [3.63, 3.8) is 0 Å². The molecule has 0 spiro atoms. The van der Waals surface area contributed by atoms with Gasteiger partial charge in [0, 0.05) is 18.5 Å². The van der Waals surface area contributed by atoms with Crippen molar-refractivity contribution < 1.29 is 18.3 Å². The van der Waals surface area contributed by atoms with Crippen LogP contribution in [0, 0.1) is 0 Å². The molecule has 154 valence electrons. The molecule has 2 aromatic rings. The molecule has 1 saturated heterocycles. The number of nitrogens with two attached hydrogens (primary N) is 2. The molecule has 1 aliphatic rings. The maximum Gasteiger partial charge on any atom is 0.260 e. The number of β-amino-alcohol motifs (C(OH)–C–C–N with tert-alkyl or cyclic N) is 1. The average molecular weight is 428 g/mol. The van der Waals surface area contributed by atoms with Crippen molar-refractivity contribution in [3.8, 4) is 0 Å². The number of anilines is 2. The Hall–Kier alpha value is -1.95. The number of primary amides is 1. The molecule has 0 bridgehead atoms. The fourth-order valence-corrected chi connectivity index (χ4v) is 5.36. The number of nitrogens with one attached hydrogen (secondary N) is 1. The fraction of sp³-hybridized carbons (Fsp3) is 0.529.